The fourth-order valence-corrected chi connectivity index (χ4v) is 2.46. The number of hydrogen-bond donors (Lipinski definition) is 3. The molecule has 2 unspecified atom stereocenters. The maximum Gasteiger partial charge on any atom is 0.139 e. The molecule has 1 aliphatic heterocycles. The van der Waals surface area contributed by atoms with E-state index in [1.165, 1.54) is 0 Å². The van der Waals surface area contributed by atoms with Crippen molar-refractivity contribution < 1.29 is 10.2 Å². The summed E-state index contributed by atoms with van der Waals surface area (Å²) in [6.45, 7) is 3.85. The number of rotatable bonds is 2. The fraction of sp³-hybridized carbons (Fsp3) is 0.538. The Labute approximate surface area is 102 Å². The van der Waals surface area contributed by atoms with Crippen LogP contribution in [0.5, 0.6) is 0 Å². The number of anilines is 2. The van der Waals surface area contributed by atoms with Gasteiger partial charge in [-0.3, -0.25) is 0 Å². The van der Waals surface area contributed by atoms with Gasteiger partial charge in [0.05, 0.1) is 0 Å². The van der Waals surface area contributed by atoms with Gasteiger partial charge in [-0.1, -0.05) is 6.92 Å². The largest absolute Gasteiger partial charge is 0.399 e. The lowest BCUT2D eigenvalue weighted by atomic mass is 10.1. The third-order valence-electron chi connectivity index (χ3n) is 3.65. The fourth-order valence-electron chi connectivity index (χ4n) is 2.46. The van der Waals surface area contributed by atoms with Gasteiger partial charge < -0.3 is 20.8 Å². The molecule has 0 aliphatic carbocycles. The zero-order valence-electron chi connectivity index (χ0n) is 10.3. The minimum atomic E-state index is -0.942. The lowest BCUT2D eigenvalue weighted by Gasteiger charge is -2.36. The Bertz CT molecular complexity index is 422. The molecule has 1 aromatic rings. The molecule has 94 valence electrons. The van der Waals surface area contributed by atoms with Gasteiger partial charge in [0, 0.05) is 11.4 Å². The summed E-state index contributed by atoms with van der Waals surface area (Å²) in [6, 6.07) is 5.56. The third-order valence-corrected chi connectivity index (χ3v) is 3.65. The smallest absolute Gasteiger partial charge is 0.139 e. The molecule has 2 rings (SSSR count). The monoisotopic (exact) mass is 236 g/mol. The van der Waals surface area contributed by atoms with Crippen LogP contribution in [-0.4, -0.2) is 22.2 Å². The molecule has 1 aromatic carbocycles. The molecule has 4 heteroatoms. The van der Waals surface area contributed by atoms with Crippen molar-refractivity contribution in [3.8, 4) is 0 Å². The number of nitrogens with zero attached hydrogens (tertiary/aromatic N) is 1. The first-order valence-corrected chi connectivity index (χ1v) is 6.04. The van der Waals surface area contributed by atoms with E-state index in [0.717, 1.165) is 16.9 Å². The van der Waals surface area contributed by atoms with E-state index in [-0.39, 0.29) is 0 Å². The number of benzene rings is 1. The van der Waals surface area contributed by atoms with E-state index >= 15 is 0 Å². The van der Waals surface area contributed by atoms with Crippen molar-refractivity contribution in [2.24, 2.45) is 0 Å². The molecule has 1 saturated heterocycles. The lowest BCUT2D eigenvalue weighted by molar-refractivity contribution is 0.0321. The van der Waals surface area contributed by atoms with Gasteiger partial charge in [-0.05, 0) is 49.9 Å². The highest BCUT2D eigenvalue weighted by Crippen LogP contribution is 2.38. The van der Waals surface area contributed by atoms with E-state index in [1.54, 1.807) is 4.90 Å². The molecule has 1 aliphatic rings. The summed E-state index contributed by atoms with van der Waals surface area (Å²) < 4.78 is 0. The van der Waals surface area contributed by atoms with Gasteiger partial charge in [0.25, 0.3) is 0 Å². The average molecular weight is 236 g/mol. The molecule has 0 aromatic heterocycles. The molecule has 0 amide bonds. The Hall–Kier alpha value is -1.26. The van der Waals surface area contributed by atoms with Gasteiger partial charge >= 0.3 is 0 Å². The molecule has 0 spiro atoms. The van der Waals surface area contributed by atoms with Crippen LogP contribution in [0.4, 0.5) is 11.4 Å². The van der Waals surface area contributed by atoms with Crippen LogP contribution in [0, 0.1) is 6.92 Å². The predicted molar refractivity (Wildman–Crippen MR) is 68.6 cm³/mol. The van der Waals surface area contributed by atoms with Gasteiger partial charge in [0.1, 0.15) is 12.0 Å². The molecular weight excluding hydrogens is 216 g/mol. The Morgan fingerprint density at radius 2 is 2.24 bits per heavy atom. The summed E-state index contributed by atoms with van der Waals surface area (Å²) in [5, 5.41) is 20.5. The first kappa shape index (κ1) is 12.2. The molecule has 0 saturated carbocycles. The zero-order valence-corrected chi connectivity index (χ0v) is 10.3. The summed E-state index contributed by atoms with van der Waals surface area (Å²) in [5.74, 6) is 0. The standard InChI is InChI=1S/C13H20N2O2/c1-3-13(17)7-6-12(16)15(13)10-4-5-11(14)9(2)8-10/h4-5,8,12,16-17H,3,6-7,14H2,1-2H3. The normalized spacial score (nSPS) is 28.7. The highest BCUT2D eigenvalue weighted by atomic mass is 16.3. The van der Waals surface area contributed by atoms with Crippen molar-refractivity contribution in [3.05, 3.63) is 23.8 Å². The van der Waals surface area contributed by atoms with Crippen molar-refractivity contribution >= 4 is 11.4 Å². The van der Waals surface area contributed by atoms with Crippen molar-refractivity contribution in [1.29, 1.82) is 0 Å². The number of nitrogen functional groups attached to an aromatic ring is 1. The SMILES string of the molecule is CCC1(O)CCC(O)N1c1ccc(N)c(C)c1. The third kappa shape index (κ3) is 1.98. The number of aryl methyl sites for hydroxylation is 1. The first-order valence-electron chi connectivity index (χ1n) is 6.04. The topological polar surface area (TPSA) is 69.7 Å². The van der Waals surface area contributed by atoms with Crippen molar-refractivity contribution in [2.75, 3.05) is 10.6 Å². The van der Waals surface area contributed by atoms with Gasteiger partial charge in [-0.25, -0.2) is 0 Å². The van der Waals surface area contributed by atoms with Crippen LogP contribution in [0.25, 0.3) is 0 Å². The van der Waals surface area contributed by atoms with E-state index in [9.17, 15) is 10.2 Å². The molecule has 0 radical (unpaired) electrons. The Morgan fingerprint density at radius 3 is 2.82 bits per heavy atom. The summed E-state index contributed by atoms with van der Waals surface area (Å²) in [7, 11) is 0. The number of nitrogens with two attached hydrogens (primary N) is 1. The minimum Gasteiger partial charge on any atom is -0.399 e. The molecule has 1 heterocycles. The summed E-state index contributed by atoms with van der Waals surface area (Å²) in [5.41, 5.74) is 7.34. The summed E-state index contributed by atoms with van der Waals surface area (Å²) in [4.78, 5) is 1.69. The quantitative estimate of drug-likeness (QED) is 0.682. The van der Waals surface area contributed by atoms with Gasteiger partial charge in [0.2, 0.25) is 0 Å². The highest BCUT2D eigenvalue weighted by molar-refractivity contribution is 5.59. The first-order chi connectivity index (χ1) is 7.98. The molecule has 4 N–H and O–H groups in total. The molecule has 0 bridgehead atoms. The molecule has 2 atom stereocenters. The maximum atomic E-state index is 10.5. The summed E-state index contributed by atoms with van der Waals surface area (Å²) >= 11 is 0. The zero-order chi connectivity index (χ0) is 12.6. The van der Waals surface area contributed by atoms with Crippen LogP contribution in [0.1, 0.15) is 31.7 Å². The lowest BCUT2D eigenvalue weighted by Crippen LogP contribution is -2.47. The van der Waals surface area contributed by atoms with E-state index < -0.39 is 12.0 Å². The number of aliphatic hydroxyl groups excluding tert-OH is 1. The Morgan fingerprint density at radius 1 is 1.53 bits per heavy atom. The van der Waals surface area contributed by atoms with Gasteiger partial charge in [-0.2, -0.15) is 0 Å². The van der Waals surface area contributed by atoms with Gasteiger partial charge in [0.15, 0.2) is 0 Å². The van der Waals surface area contributed by atoms with Crippen LogP contribution in [0.2, 0.25) is 0 Å². The maximum absolute atomic E-state index is 10.5. The van der Waals surface area contributed by atoms with Crippen LogP contribution in [-0.2, 0) is 0 Å². The van der Waals surface area contributed by atoms with Crippen molar-refractivity contribution in [2.45, 2.75) is 45.1 Å². The van der Waals surface area contributed by atoms with Crippen LogP contribution in [0.3, 0.4) is 0 Å². The molecule has 1 fully saturated rings. The van der Waals surface area contributed by atoms with E-state index in [4.69, 9.17) is 5.73 Å². The van der Waals surface area contributed by atoms with Gasteiger partial charge in [-0.15, -0.1) is 0 Å². The number of hydrogen-bond acceptors (Lipinski definition) is 4. The number of aliphatic hydroxyl groups is 2. The van der Waals surface area contributed by atoms with Crippen molar-refractivity contribution in [1.82, 2.24) is 0 Å². The highest BCUT2D eigenvalue weighted by Gasteiger charge is 2.43. The second-order valence-corrected chi connectivity index (χ2v) is 4.77. The second-order valence-electron chi connectivity index (χ2n) is 4.77. The van der Waals surface area contributed by atoms with E-state index in [1.807, 2.05) is 32.0 Å². The van der Waals surface area contributed by atoms with E-state index in [2.05, 4.69) is 0 Å². The van der Waals surface area contributed by atoms with Crippen LogP contribution >= 0.6 is 0 Å². The molecular formula is C13H20N2O2. The predicted octanol–water partition coefficient (Wildman–Crippen LogP) is 1.59. The Balaban J connectivity index is 2.40. The summed E-state index contributed by atoms with van der Waals surface area (Å²) in [6.07, 6.45) is 1.15. The minimum absolute atomic E-state index is 0.591. The van der Waals surface area contributed by atoms with Crippen LogP contribution in [0.15, 0.2) is 18.2 Å². The average Bonchev–Trinajstić information content (AvgIpc) is 2.60. The molecule has 4 nitrogen and oxygen atoms in total. The van der Waals surface area contributed by atoms with Crippen molar-refractivity contribution in [3.63, 3.8) is 0 Å². The molecule has 17 heavy (non-hydrogen) atoms. The van der Waals surface area contributed by atoms with E-state index in [0.29, 0.717) is 19.3 Å². The second kappa shape index (κ2) is 4.20. The Kier molecular flexibility index (Phi) is 3.02. The van der Waals surface area contributed by atoms with Crippen LogP contribution < -0.4 is 10.6 Å².